The van der Waals surface area contributed by atoms with Crippen molar-refractivity contribution in [2.45, 2.75) is 32.0 Å². The van der Waals surface area contributed by atoms with Gasteiger partial charge in [-0.25, -0.2) is 4.98 Å². The zero-order valence-corrected chi connectivity index (χ0v) is 20.0. The highest BCUT2D eigenvalue weighted by atomic mass is 35.5. The van der Waals surface area contributed by atoms with Gasteiger partial charge in [0.05, 0.1) is 23.2 Å². The fourth-order valence-electron chi connectivity index (χ4n) is 3.68. The molecule has 0 fully saturated rings. The van der Waals surface area contributed by atoms with Crippen LogP contribution in [0.4, 0.5) is 5.69 Å². The Morgan fingerprint density at radius 2 is 1.82 bits per heavy atom. The number of aromatic nitrogens is 2. The van der Waals surface area contributed by atoms with E-state index in [0.29, 0.717) is 27.6 Å². The minimum atomic E-state index is -0.135. The van der Waals surface area contributed by atoms with Crippen molar-refractivity contribution in [2.24, 2.45) is 0 Å². The Labute approximate surface area is 201 Å². The molecule has 1 N–H and O–H groups in total. The maximum absolute atomic E-state index is 13.3. The van der Waals surface area contributed by atoms with E-state index in [-0.39, 0.29) is 17.2 Å². The van der Waals surface area contributed by atoms with Crippen molar-refractivity contribution < 1.29 is 4.79 Å². The number of para-hydroxylation sites is 2. The highest BCUT2D eigenvalue weighted by molar-refractivity contribution is 7.99. The summed E-state index contributed by atoms with van der Waals surface area (Å²) in [5.41, 5.74) is 4.39. The SMILES string of the molecule is CCc1cccc(C)c1NC(=O)CSc1nc2ccccc2c(=O)n1Cc1ccc(Cl)cc1. The van der Waals surface area contributed by atoms with Gasteiger partial charge in [0, 0.05) is 10.7 Å². The lowest BCUT2D eigenvalue weighted by Crippen LogP contribution is -2.25. The Kier molecular flexibility index (Phi) is 7.16. The average Bonchev–Trinajstić information content (AvgIpc) is 2.82. The Hall–Kier alpha value is -3.09. The van der Waals surface area contributed by atoms with E-state index < -0.39 is 0 Å². The van der Waals surface area contributed by atoms with Gasteiger partial charge >= 0.3 is 0 Å². The first kappa shape index (κ1) is 23.1. The summed E-state index contributed by atoms with van der Waals surface area (Å²) >= 11 is 7.27. The molecule has 0 bridgehead atoms. The van der Waals surface area contributed by atoms with Gasteiger partial charge in [0.15, 0.2) is 5.16 Å². The van der Waals surface area contributed by atoms with Crippen molar-refractivity contribution in [3.63, 3.8) is 0 Å². The molecule has 4 rings (SSSR count). The predicted molar refractivity (Wildman–Crippen MR) is 136 cm³/mol. The normalized spacial score (nSPS) is 11.0. The molecule has 0 saturated carbocycles. The quantitative estimate of drug-likeness (QED) is 0.274. The number of hydrogen-bond acceptors (Lipinski definition) is 4. The van der Waals surface area contributed by atoms with E-state index in [2.05, 4.69) is 12.2 Å². The van der Waals surface area contributed by atoms with Gasteiger partial charge in [-0.1, -0.05) is 72.8 Å². The first-order valence-electron chi connectivity index (χ1n) is 10.7. The van der Waals surface area contributed by atoms with Gasteiger partial charge in [-0.2, -0.15) is 0 Å². The predicted octanol–water partition coefficient (Wildman–Crippen LogP) is 5.70. The van der Waals surface area contributed by atoms with E-state index in [1.54, 1.807) is 22.8 Å². The van der Waals surface area contributed by atoms with Crippen LogP contribution in [0.15, 0.2) is 76.7 Å². The zero-order chi connectivity index (χ0) is 23.4. The van der Waals surface area contributed by atoms with E-state index in [4.69, 9.17) is 16.6 Å². The van der Waals surface area contributed by atoms with Crippen LogP contribution in [0.1, 0.15) is 23.6 Å². The molecule has 1 aromatic heterocycles. The number of halogens is 1. The lowest BCUT2D eigenvalue weighted by atomic mass is 10.1. The molecular weight excluding hydrogens is 454 g/mol. The van der Waals surface area contributed by atoms with E-state index in [9.17, 15) is 9.59 Å². The zero-order valence-electron chi connectivity index (χ0n) is 18.5. The summed E-state index contributed by atoms with van der Waals surface area (Å²) < 4.78 is 1.62. The van der Waals surface area contributed by atoms with Gasteiger partial charge in [0.2, 0.25) is 5.91 Å². The summed E-state index contributed by atoms with van der Waals surface area (Å²) in [5, 5.41) is 4.73. The average molecular weight is 478 g/mol. The van der Waals surface area contributed by atoms with Gasteiger partial charge < -0.3 is 5.32 Å². The molecule has 3 aromatic carbocycles. The minimum Gasteiger partial charge on any atom is -0.325 e. The number of nitrogens with one attached hydrogen (secondary N) is 1. The van der Waals surface area contributed by atoms with Crippen molar-refractivity contribution in [1.29, 1.82) is 0 Å². The number of aryl methyl sites for hydroxylation is 2. The Morgan fingerprint density at radius 1 is 1.06 bits per heavy atom. The third kappa shape index (κ3) is 5.29. The smallest absolute Gasteiger partial charge is 0.262 e. The molecule has 5 nitrogen and oxygen atoms in total. The first-order chi connectivity index (χ1) is 16.0. The third-order valence-corrected chi connectivity index (χ3v) is 6.65. The van der Waals surface area contributed by atoms with Gasteiger partial charge in [0.25, 0.3) is 5.56 Å². The van der Waals surface area contributed by atoms with Gasteiger partial charge in [-0.3, -0.25) is 14.2 Å². The van der Waals surface area contributed by atoms with Crippen LogP contribution in [-0.4, -0.2) is 21.2 Å². The number of amides is 1. The Balaban J connectivity index is 1.62. The monoisotopic (exact) mass is 477 g/mol. The molecule has 0 aliphatic heterocycles. The van der Waals surface area contributed by atoms with Crippen LogP contribution in [0, 0.1) is 6.92 Å². The number of thioether (sulfide) groups is 1. The van der Waals surface area contributed by atoms with Crippen molar-refractivity contribution in [1.82, 2.24) is 9.55 Å². The lowest BCUT2D eigenvalue weighted by Gasteiger charge is -2.15. The summed E-state index contributed by atoms with van der Waals surface area (Å²) in [6, 6.07) is 20.6. The molecule has 0 aliphatic carbocycles. The third-order valence-electron chi connectivity index (χ3n) is 5.42. The van der Waals surface area contributed by atoms with Gasteiger partial charge in [-0.15, -0.1) is 0 Å². The van der Waals surface area contributed by atoms with E-state index >= 15 is 0 Å². The van der Waals surface area contributed by atoms with Gasteiger partial charge in [-0.05, 0) is 54.3 Å². The van der Waals surface area contributed by atoms with E-state index in [1.165, 1.54) is 11.8 Å². The summed E-state index contributed by atoms with van der Waals surface area (Å²) in [6.45, 7) is 4.39. The number of carbonyl (C=O) groups is 1. The topological polar surface area (TPSA) is 64.0 Å². The van der Waals surface area contributed by atoms with Crippen LogP contribution in [0.3, 0.4) is 0 Å². The molecule has 4 aromatic rings. The molecule has 0 radical (unpaired) electrons. The molecular formula is C26H24ClN3O2S. The van der Waals surface area contributed by atoms with Crippen LogP contribution in [-0.2, 0) is 17.8 Å². The first-order valence-corrected chi connectivity index (χ1v) is 12.1. The van der Waals surface area contributed by atoms with Crippen molar-refractivity contribution in [2.75, 3.05) is 11.1 Å². The van der Waals surface area contributed by atoms with Crippen LogP contribution < -0.4 is 10.9 Å². The number of nitrogens with zero attached hydrogens (tertiary/aromatic N) is 2. The van der Waals surface area contributed by atoms with Crippen molar-refractivity contribution >= 4 is 45.9 Å². The molecule has 0 spiro atoms. The number of carbonyl (C=O) groups excluding carboxylic acids is 1. The van der Waals surface area contributed by atoms with Crippen molar-refractivity contribution in [3.8, 4) is 0 Å². The molecule has 0 unspecified atom stereocenters. The highest BCUT2D eigenvalue weighted by Crippen LogP contribution is 2.23. The number of benzene rings is 3. The standard InChI is InChI=1S/C26H24ClN3O2S/c1-3-19-8-6-7-17(2)24(19)29-23(31)16-33-26-28-22-10-5-4-9-21(22)25(32)30(26)15-18-11-13-20(27)14-12-18/h4-14H,3,15-16H2,1-2H3,(H,29,31). The fourth-order valence-corrected chi connectivity index (χ4v) is 4.60. The molecule has 1 amide bonds. The second-order valence-corrected chi connectivity index (χ2v) is 9.11. The molecule has 0 atom stereocenters. The maximum Gasteiger partial charge on any atom is 0.262 e. The summed E-state index contributed by atoms with van der Waals surface area (Å²) in [7, 11) is 0. The largest absolute Gasteiger partial charge is 0.325 e. The summed E-state index contributed by atoms with van der Waals surface area (Å²) in [4.78, 5) is 30.8. The highest BCUT2D eigenvalue weighted by Gasteiger charge is 2.15. The fraction of sp³-hybridized carbons (Fsp3) is 0.192. The van der Waals surface area contributed by atoms with Crippen LogP contribution in [0.25, 0.3) is 10.9 Å². The number of rotatable bonds is 7. The summed E-state index contributed by atoms with van der Waals surface area (Å²) in [5.74, 6) is 0.00698. The lowest BCUT2D eigenvalue weighted by molar-refractivity contribution is -0.113. The number of hydrogen-bond donors (Lipinski definition) is 1. The molecule has 33 heavy (non-hydrogen) atoms. The molecule has 0 saturated heterocycles. The Bertz CT molecular complexity index is 1370. The number of fused-ring (bicyclic) bond motifs is 1. The Morgan fingerprint density at radius 3 is 2.58 bits per heavy atom. The summed E-state index contributed by atoms with van der Waals surface area (Å²) in [6.07, 6.45) is 0.831. The maximum atomic E-state index is 13.3. The second kappa shape index (κ2) is 10.2. The van der Waals surface area contributed by atoms with Crippen molar-refractivity contribution in [3.05, 3.63) is 98.8 Å². The van der Waals surface area contributed by atoms with E-state index in [0.717, 1.165) is 28.8 Å². The van der Waals surface area contributed by atoms with Crippen LogP contribution >= 0.6 is 23.4 Å². The van der Waals surface area contributed by atoms with Gasteiger partial charge in [0.1, 0.15) is 0 Å². The molecule has 1 heterocycles. The van der Waals surface area contributed by atoms with Crippen LogP contribution in [0.5, 0.6) is 0 Å². The number of anilines is 1. The van der Waals surface area contributed by atoms with E-state index in [1.807, 2.05) is 55.5 Å². The minimum absolute atomic E-state index is 0.134. The second-order valence-electron chi connectivity index (χ2n) is 7.73. The molecule has 168 valence electrons. The molecule has 7 heteroatoms. The van der Waals surface area contributed by atoms with Crippen LogP contribution in [0.2, 0.25) is 5.02 Å². The molecule has 0 aliphatic rings.